The molecule has 2 atom stereocenters. The summed E-state index contributed by atoms with van der Waals surface area (Å²) in [5, 5.41) is 0. The van der Waals surface area contributed by atoms with Crippen LogP contribution in [0.2, 0.25) is 0 Å². The minimum Gasteiger partial charge on any atom is -0.479 e. The van der Waals surface area contributed by atoms with Gasteiger partial charge >= 0.3 is 0 Å². The first-order valence-corrected chi connectivity index (χ1v) is 7.96. The number of ether oxygens (including phenoxy) is 1. The van der Waals surface area contributed by atoms with Crippen molar-refractivity contribution in [1.82, 2.24) is 0 Å². The molecule has 1 aliphatic rings. The summed E-state index contributed by atoms with van der Waals surface area (Å²) in [4.78, 5) is 14.2. The van der Waals surface area contributed by atoms with E-state index in [0.29, 0.717) is 0 Å². The number of hydrogen-bond acceptors (Lipinski definition) is 3. The first-order valence-electron chi connectivity index (χ1n) is 7.96. The molecule has 0 saturated heterocycles. The van der Waals surface area contributed by atoms with Crippen LogP contribution in [0.5, 0.6) is 5.75 Å². The summed E-state index contributed by atoms with van der Waals surface area (Å²) in [6.45, 7) is 6.80. The van der Waals surface area contributed by atoms with E-state index in [9.17, 15) is 4.79 Å². The molecule has 1 amide bonds. The van der Waals surface area contributed by atoms with Gasteiger partial charge in [-0.05, 0) is 37.5 Å². The molecular formula is C17H26N2O2. The van der Waals surface area contributed by atoms with Crippen molar-refractivity contribution in [2.45, 2.75) is 58.6 Å². The molecule has 0 aliphatic carbocycles. The average Bonchev–Trinajstić information content (AvgIpc) is 2.47. The van der Waals surface area contributed by atoms with Crippen LogP contribution in [0.1, 0.15) is 58.1 Å². The number of amides is 1. The van der Waals surface area contributed by atoms with E-state index >= 15 is 0 Å². The lowest BCUT2D eigenvalue weighted by Gasteiger charge is -2.33. The molecule has 21 heavy (non-hydrogen) atoms. The van der Waals surface area contributed by atoms with Crippen LogP contribution < -0.4 is 15.4 Å². The zero-order chi connectivity index (χ0) is 15.4. The average molecular weight is 290 g/mol. The fraction of sp³-hybridized carbons (Fsp3) is 0.588. The second-order valence-corrected chi connectivity index (χ2v) is 5.73. The van der Waals surface area contributed by atoms with Crippen LogP contribution in [0.15, 0.2) is 18.2 Å². The van der Waals surface area contributed by atoms with Gasteiger partial charge in [-0.3, -0.25) is 4.79 Å². The number of fused-ring (bicyclic) bond motifs is 1. The van der Waals surface area contributed by atoms with Crippen LogP contribution in [0, 0.1) is 0 Å². The van der Waals surface area contributed by atoms with Gasteiger partial charge in [-0.1, -0.05) is 32.8 Å². The van der Waals surface area contributed by atoms with Crippen LogP contribution in [0.4, 0.5) is 5.69 Å². The van der Waals surface area contributed by atoms with E-state index in [-0.39, 0.29) is 11.9 Å². The number of anilines is 1. The fourth-order valence-corrected chi connectivity index (χ4v) is 2.68. The predicted molar refractivity (Wildman–Crippen MR) is 85.6 cm³/mol. The number of carbonyl (C=O) groups is 1. The Morgan fingerprint density at radius 2 is 2.10 bits per heavy atom. The molecule has 1 heterocycles. The molecule has 4 nitrogen and oxygen atoms in total. The molecule has 2 rings (SSSR count). The van der Waals surface area contributed by atoms with Crippen LogP contribution in [-0.2, 0) is 4.79 Å². The van der Waals surface area contributed by atoms with Gasteiger partial charge in [-0.15, -0.1) is 0 Å². The lowest BCUT2D eigenvalue weighted by Crippen LogP contribution is -2.45. The highest BCUT2D eigenvalue weighted by atomic mass is 16.5. The molecule has 2 N–H and O–H groups in total. The van der Waals surface area contributed by atoms with E-state index in [1.165, 1.54) is 0 Å². The first kappa shape index (κ1) is 15.8. The number of unbranched alkanes of at least 4 members (excludes halogenated alkanes) is 1. The van der Waals surface area contributed by atoms with Gasteiger partial charge in [0.05, 0.1) is 5.69 Å². The van der Waals surface area contributed by atoms with Gasteiger partial charge in [0, 0.05) is 12.6 Å². The van der Waals surface area contributed by atoms with Crippen molar-refractivity contribution >= 4 is 11.6 Å². The maximum atomic E-state index is 12.4. The third-order valence-corrected chi connectivity index (χ3v) is 3.95. The largest absolute Gasteiger partial charge is 0.479 e. The number of rotatable bonds is 6. The molecule has 1 aliphatic heterocycles. The Hall–Kier alpha value is -1.55. The van der Waals surface area contributed by atoms with Crippen molar-refractivity contribution < 1.29 is 9.53 Å². The molecule has 1 aromatic rings. The number of nitrogens with zero attached hydrogens (tertiary/aromatic N) is 1. The van der Waals surface area contributed by atoms with Gasteiger partial charge in [0.2, 0.25) is 0 Å². The summed E-state index contributed by atoms with van der Waals surface area (Å²) in [7, 11) is 0. The minimum absolute atomic E-state index is 0.0165. The topological polar surface area (TPSA) is 55.6 Å². The van der Waals surface area contributed by atoms with E-state index in [2.05, 4.69) is 13.8 Å². The Bertz CT molecular complexity index is 502. The molecule has 0 radical (unpaired) electrons. The van der Waals surface area contributed by atoms with Crippen molar-refractivity contribution in [2.24, 2.45) is 5.73 Å². The van der Waals surface area contributed by atoms with Gasteiger partial charge in [-0.2, -0.15) is 0 Å². The summed E-state index contributed by atoms with van der Waals surface area (Å²) in [5.41, 5.74) is 8.15. The lowest BCUT2D eigenvalue weighted by molar-refractivity contribution is -0.125. The number of hydrogen-bond donors (Lipinski definition) is 1. The van der Waals surface area contributed by atoms with Gasteiger partial charge in [0.1, 0.15) is 5.75 Å². The van der Waals surface area contributed by atoms with E-state index in [4.69, 9.17) is 10.5 Å². The van der Waals surface area contributed by atoms with Gasteiger partial charge < -0.3 is 15.4 Å². The fourth-order valence-electron chi connectivity index (χ4n) is 2.68. The van der Waals surface area contributed by atoms with Gasteiger partial charge in [-0.25, -0.2) is 0 Å². The maximum Gasteiger partial charge on any atom is 0.267 e. The molecule has 0 aromatic heterocycles. The normalized spacial score (nSPS) is 19.1. The maximum absolute atomic E-state index is 12.4. The van der Waals surface area contributed by atoms with E-state index in [1.807, 2.05) is 23.1 Å². The standard InChI is InChI=1S/C17H26N2O2/c1-4-6-10-19-15-11-13(14(18)7-5-2)8-9-16(15)21-12(3)17(19)20/h8-9,11-12,14H,4-7,10,18H2,1-3H3. The van der Waals surface area contributed by atoms with E-state index in [0.717, 1.165) is 49.2 Å². The molecule has 116 valence electrons. The SMILES string of the molecule is CCCCN1C(=O)C(C)Oc2ccc(C(N)CCC)cc21. The van der Waals surface area contributed by atoms with Crippen molar-refractivity contribution in [2.75, 3.05) is 11.4 Å². The summed E-state index contributed by atoms with van der Waals surface area (Å²) in [6, 6.07) is 6.00. The Kier molecular flexibility index (Phi) is 5.23. The number of carbonyl (C=O) groups excluding carboxylic acids is 1. The van der Waals surface area contributed by atoms with E-state index in [1.54, 1.807) is 6.92 Å². The molecule has 1 aromatic carbocycles. The van der Waals surface area contributed by atoms with Crippen LogP contribution >= 0.6 is 0 Å². The minimum atomic E-state index is -0.412. The first-order chi connectivity index (χ1) is 10.1. The molecule has 0 bridgehead atoms. The highest BCUT2D eigenvalue weighted by molar-refractivity contribution is 5.99. The second kappa shape index (κ2) is 6.94. The van der Waals surface area contributed by atoms with Crippen molar-refractivity contribution in [3.63, 3.8) is 0 Å². The molecule has 0 saturated carbocycles. The smallest absolute Gasteiger partial charge is 0.267 e. The van der Waals surface area contributed by atoms with Gasteiger partial charge in [0.15, 0.2) is 6.10 Å². The quantitative estimate of drug-likeness (QED) is 0.873. The zero-order valence-electron chi connectivity index (χ0n) is 13.3. The summed E-state index contributed by atoms with van der Waals surface area (Å²) in [5.74, 6) is 0.822. The summed E-state index contributed by atoms with van der Waals surface area (Å²) in [6.07, 6.45) is 3.62. The third-order valence-electron chi connectivity index (χ3n) is 3.95. The van der Waals surface area contributed by atoms with Crippen molar-refractivity contribution in [3.05, 3.63) is 23.8 Å². The summed E-state index contributed by atoms with van der Waals surface area (Å²) >= 11 is 0. The van der Waals surface area contributed by atoms with Crippen LogP contribution in [-0.4, -0.2) is 18.6 Å². The molecule has 2 unspecified atom stereocenters. The van der Waals surface area contributed by atoms with E-state index < -0.39 is 6.10 Å². The molecule has 0 spiro atoms. The summed E-state index contributed by atoms with van der Waals surface area (Å²) < 4.78 is 5.72. The zero-order valence-corrected chi connectivity index (χ0v) is 13.3. The molecular weight excluding hydrogens is 264 g/mol. The lowest BCUT2D eigenvalue weighted by atomic mass is 10.0. The Labute approximate surface area is 127 Å². The van der Waals surface area contributed by atoms with Gasteiger partial charge in [0.25, 0.3) is 5.91 Å². The third kappa shape index (κ3) is 3.38. The Balaban J connectivity index is 2.33. The Morgan fingerprint density at radius 3 is 2.76 bits per heavy atom. The number of nitrogens with two attached hydrogens (primary N) is 1. The predicted octanol–water partition coefficient (Wildman–Crippen LogP) is 3.40. The molecule has 4 heteroatoms. The van der Waals surface area contributed by atoms with Crippen LogP contribution in [0.3, 0.4) is 0 Å². The van der Waals surface area contributed by atoms with Crippen LogP contribution in [0.25, 0.3) is 0 Å². The Morgan fingerprint density at radius 1 is 1.33 bits per heavy atom. The van der Waals surface area contributed by atoms with Crippen molar-refractivity contribution in [1.29, 1.82) is 0 Å². The van der Waals surface area contributed by atoms with Crippen molar-refractivity contribution in [3.8, 4) is 5.75 Å². The monoisotopic (exact) mass is 290 g/mol. The second-order valence-electron chi connectivity index (χ2n) is 5.73. The number of benzene rings is 1. The molecule has 0 fully saturated rings. The highest BCUT2D eigenvalue weighted by Gasteiger charge is 2.31. The highest BCUT2D eigenvalue weighted by Crippen LogP contribution is 2.36.